The van der Waals surface area contributed by atoms with Crippen molar-refractivity contribution in [2.24, 2.45) is 5.92 Å². The van der Waals surface area contributed by atoms with Crippen molar-refractivity contribution in [3.63, 3.8) is 0 Å². The number of aromatic nitrogens is 2. The quantitative estimate of drug-likeness (QED) is 0.920. The molecule has 4 rings (SSSR count). The van der Waals surface area contributed by atoms with Crippen LogP contribution in [0.2, 0.25) is 0 Å². The number of hydrogen-bond donors (Lipinski definition) is 1. The van der Waals surface area contributed by atoms with Crippen molar-refractivity contribution < 1.29 is 4.74 Å². The van der Waals surface area contributed by atoms with Crippen molar-refractivity contribution in [3.05, 3.63) is 17.2 Å². The molecule has 0 aromatic carbocycles. The first kappa shape index (κ1) is 12.8. The Labute approximate surface area is 120 Å². The van der Waals surface area contributed by atoms with Crippen LogP contribution in [0, 0.1) is 5.92 Å². The zero-order valence-electron chi connectivity index (χ0n) is 12.6. The molecular weight excluding hydrogens is 250 g/mol. The third kappa shape index (κ3) is 2.01. The number of fused-ring (bicyclic) bond motifs is 1. The predicted octanol–water partition coefficient (Wildman–Crippen LogP) is 2.39. The van der Waals surface area contributed by atoms with Crippen LogP contribution in [0.4, 0.5) is 0 Å². The molecule has 2 atom stereocenters. The summed E-state index contributed by atoms with van der Waals surface area (Å²) in [6, 6.07) is 0.536. The smallest absolute Gasteiger partial charge is 0.112 e. The van der Waals surface area contributed by atoms with Gasteiger partial charge in [0.2, 0.25) is 0 Å². The van der Waals surface area contributed by atoms with Crippen molar-refractivity contribution in [3.8, 4) is 0 Å². The molecule has 2 fully saturated rings. The average Bonchev–Trinajstić information content (AvgIpc) is 3.04. The van der Waals surface area contributed by atoms with Crippen LogP contribution in [-0.4, -0.2) is 28.8 Å². The van der Waals surface area contributed by atoms with E-state index in [2.05, 4.69) is 23.7 Å². The number of nitrogens with zero attached hydrogens (tertiary/aromatic N) is 2. The van der Waals surface area contributed by atoms with Crippen LogP contribution < -0.4 is 5.32 Å². The first-order chi connectivity index (χ1) is 9.75. The van der Waals surface area contributed by atoms with Crippen LogP contribution in [0.5, 0.6) is 0 Å². The van der Waals surface area contributed by atoms with Gasteiger partial charge < -0.3 is 14.6 Å². The van der Waals surface area contributed by atoms with E-state index in [-0.39, 0.29) is 0 Å². The molecular formula is C16H25N3O. The van der Waals surface area contributed by atoms with Gasteiger partial charge in [-0.15, -0.1) is 0 Å². The Hall–Kier alpha value is -0.870. The summed E-state index contributed by atoms with van der Waals surface area (Å²) in [6.07, 6.45) is 5.44. The molecule has 1 aliphatic carbocycles. The van der Waals surface area contributed by atoms with Crippen LogP contribution in [-0.2, 0) is 17.7 Å². The third-order valence-corrected chi connectivity index (χ3v) is 4.99. The number of nitrogens with one attached hydrogen (secondary N) is 1. The molecule has 0 amide bonds. The van der Waals surface area contributed by atoms with Gasteiger partial charge in [-0.2, -0.15) is 0 Å². The highest BCUT2D eigenvalue weighted by atomic mass is 16.5. The Bertz CT molecular complexity index is 504. The zero-order chi connectivity index (χ0) is 13.7. The topological polar surface area (TPSA) is 39.1 Å². The van der Waals surface area contributed by atoms with Crippen LogP contribution in [0.25, 0.3) is 0 Å². The van der Waals surface area contributed by atoms with Crippen LogP contribution in [0.15, 0.2) is 0 Å². The second kappa shape index (κ2) is 4.85. The summed E-state index contributed by atoms with van der Waals surface area (Å²) >= 11 is 0. The van der Waals surface area contributed by atoms with Gasteiger partial charge in [-0.3, -0.25) is 0 Å². The normalized spacial score (nSPS) is 29.9. The maximum Gasteiger partial charge on any atom is 0.112 e. The van der Waals surface area contributed by atoms with Crippen molar-refractivity contribution in [1.29, 1.82) is 0 Å². The highest BCUT2D eigenvalue weighted by Gasteiger charge is 2.43. The largest absolute Gasteiger partial charge is 0.376 e. The number of hydrogen-bond acceptors (Lipinski definition) is 3. The van der Waals surface area contributed by atoms with Gasteiger partial charge in [0.1, 0.15) is 5.82 Å². The SMILES string of the molecule is CC(C)c1nc2c(n1C1CCOC1C1CC1)CCNC2. The molecule has 20 heavy (non-hydrogen) atoms. The zero-order valence-corrected chi connectivity index (χ0v) is 12.6. The van der Waals surface area contributed by atoms with Crippen molar-refractivity contribution in [2.75, 3.05) is 13.2 Å². The molecule has 3 aliphatic rings. The summed E-state index contributed by atoms with van der Waals surface area (Å²) in [7, 11) is 0. The summed E-state index contributed by atoms with van der Waals surface area (Å²) in [5.41, 5.74) is 2.76. The lowest BCUT2D eigenvalue weighted by molar-refractivity contribution is 0.0737. The maximum absolute atomic E-state index is 6.07. The molecule has 1 aromatic heterocycles. The van der Waals surface area contributed by atoms with E-state index >= 15 is 0 Å². The van der Waals surface area contributed by atoms with Crippen LogP contribution >= 0.6 is 0 Å². The van der Waals surface area contributed by atoms with E-state index in [0.717, 1.165) is 38.5 Å². The standard InChI is InChI=1S/C16H25N3O/c1-10(2)16-18-12-9-17-7-5-13(12)19(16)14-6-8-20-15(14)11-3-4-11/h10-11,14-15,17H,3-9H2,1-2H3. The van der Waals surface area contributed by atoms with Crippen LogP contribution in [0.3, 0.4) is 0 Å². The fraction of sp³-hybridized carbons (Fsp3) is 0.812. The monoisotopic (exact) mass is 275 g/mol. The van der Waals surface area contributed by atoms with E-state index in [1.807, 2.05) is 0 Å². The molecule has 2 aliphatic heterocycles. The molecule has 1 aromatic rings. The molecule has 3 heterocycles. The Kier molecular flexibility index (Phi) is 3.11. The summed E-state index contributed by atoms with van der Waals surface area (Å²) in [5.74, 6) is 2.57. The maximum atomic E-state index is 6.07. The highest BCUT2D eigenvalue weighted by Crippen LogP contribution is 2.45. The van der Waals surface area contributed by atoms with Gasteiger partial charge in [0.15, 0.2) is 0 Å². The molecule has 110 valence electrons. The molecule has 1 N–H and O–H groups in total. The third-order valence-electron chi connectivity index (χ3n) is 4.99. The van der Waals surface area contributed by atoms with Gasteiger partial charge in [-0.1, -0.05) is 13.8 Å². The van der Waals surface area contributed by atoms with E-state index in [1.54, 1.807) is 0 Å². The van der Waals surface area contributed by atoms with E-state index in [1.165, 1.54) is 30.1 Å². The number of ether oxygens (including phenoxy) is 1. The Morgan fingerprint density at radius 2 is 2.15 bits per heavy atom. The van der Waals surface area contributed by atoms with Crippen molar-refractivity contribution in [2.45, 2.75) is 64.1 Å². The van der Waals surface area contributed by atoms with Crippen LogP contribution in [0.1, 0.15) is 62.3 Å². The van der Waals surface area contributed by atoms with Crippen molar-refractivity contribution >= 4 is 0 Å². The van der Waals surface area contributed by atoms with Gasteiger partial charge >= 0.3 is 0 Å². The predicted molar refractivity (Wildman–Crippen MR) is 77.8 cm³/mol. The summed E-state index contributed by atoms with van der Waals surface area (Å²) in [4.78, 5) is 4.95. The highest BCUT2D eigenvalue weighted by molar-refractivity contribution is 5.23. The van der Waals surface area contributed by atoms with E-state index in [0.29, 0.717) is 18.1 Å². The summed E-state index contributed by atoms with van der Waals surface area (Å²) in [5, 5.41) is 3.45. The van der Waals surface area contributed by atoms with E-state index in [9.17, 15) is 0 Å². The molecule has 2 unspecified atom stereocenters. The fourth-order valence-electron chi connectivity index (χ4n) is 3.88. The minimum absolute atomic E-state index is 0.445. The first-order valence-corrected chi connectivity index (χ1v) is 8.18. The Balaban J connectivity index is 1.76. The second-order valence-corrected chi connectivity index (χ2v) is 6.84. The molecule has 1 saturated heterocycles. The fourth-order valence-corrected chi connectivity index (χ4v) is 3.88. The van der Waals surface area contributed by atoms with Gasteiger partial charge in [-0.25, -0.2) is 4.98 Å². The van der Waals surface area contributed by atoms with Crippen molar-refractivity contribution in [1.82, 2.24) is 14.9 Å². The lowest BCUT2D eigenvalue weighted by Crippen LogP contribution is -2.29. The molecule has 4 heteroatoms. The lowest BCUT2D eigenvalue weighted by atomic mass is 10.0. The minimum Gasteiger partial charge on any atom is -0.376 e. The average molecular weight is 275 g/mol. The first-order valence-electron chi connectivity index (χ1n) is 8.18. The number of rotatable bonds is 3. The van der Waals surface area contributed by atoms with Gasteiger partial charge in [0, 0.05) is 37.7 Å². The second-order valence-electron chi connectivity index (χ2n) is 6.84. The molecule has 0 spiro atoms. The Morgan fingerprint density at radius 1 is 1.30 bits per heavy atom. The van der Waals surface area contributed by atoms with Gasteiger partial charge in [0.25, 0.3) is 0 Å². The minimum atomic E-state index is 0.445. The Morgan fingerprint density at radius 3 is 2.90 bits per heavy atom. The molecule has 0 bridgehead atoms. The summed E-state index contributed by atoms with van der Waals surface area (Å²) in [6.45, 7) is 7.47. The van der Waals surface area contributed by atoms with E-state index < -0.39 is 0 Å². The molecule has 1 saturated carbocycles. The molecule has 0 radical (unpaired) electrons. The van der Waals surface area contributed by atoms with Gasteiger partial charge in [0.05, 0.1) is 17.8 Å². The number of imidazole rings is 1. The lowest BCUT2D eigenvalue weighted by Gasteiger charge is -2.26. The molecule has 4 nitrogen and oxygen atoms in total. The van der Waals surface area contributed by atoms with Gasteiger partial charge in [-0.05, 0) is 25.2 Å². The van der Waals surface area contributed by atoms with E-state index in [4.69, 9.17) is 9.72 Å². The summed E-state index contributed by atoms with van der Waals surface area (Å²) < 4.78 is 8.66.